The number of nitrogens with one attached hydrogen (secondary N) is 1. The number of nitrogens with zero attached hydrogens (tertiary/aromatic N) is 1. The molecule has 1 aromatic carbocycles. The molecule has 0 aliphatic rings. The molecule has 6 heteroatoms. The largest absolute Gasteiger partial charge is 0.345 e. The summed E-state index contributed by atoms with van der Waals surface area (Å²) in [5, 5.41) is 5.48. The molecule has 0 saturated heterocycles. The van der Waals surface area contributed by atoms with E-state index >= 15 is 0 Å². The molecule has 0 fully saturated rings. The molecule has 0 atom stereocenters. The van der Waals surface area contributed by atoms with Crippen LogP contribution in [0.2, 0.25) is 0 Å². The van der Waals surface area contributed by atoms with Crippen LogP contribution in [-0.2, 0) is 6.54 Å². The standard InChI is InChI=1S/C15H14FN3OS/c1-10-9-21-14(19-10)8-18-15(20)13-5-4-12(16)7-11(13)3-2-6-17/h4-5,7,9H,6,8,17H2,1H3,(H,18,20). The summed E-state index contributed by atoms with van der Waals surface area (Å²) in [5.74, 6) is 4.58. The van der Waals surface area contributed by atoms with Crippen LogP contribution >= 0.6 is 11.3 Å². The van der Waals surface area contributed by atoms with E-state index in [9.17, 15) is 9.18 Å². The molecule has 3 N–H and O–H groups in total. The van der Waals surface area contributed by atoms with Gasteiger partial charge in [0.05, 0.1) is 18.7 Å². The van der Waals surface area contributed by atoms with E-state index in [0.29, 0.717) is 17.7 Å². The van der Waals surface area contributed by atoms with E-state index in [1.165, 1.54) is 29.5 Å². The number of hydrogen-bond acceptors (Lipinski definition) is 4. The van der Waals surface area contributed by atoms with Gasteiger partial charge >= 0.3 is 0 Å². The van der Waals surface area contributed by atoms with Gasteiger partial charge in [-0.2, -0.15) is 0 Å². The number of halogens is 1. The highest BCUT2D eigenvalue weighted by Gasteiger charge is 2.11. The van der Waals surface area contributed by atoms with Gasteiger partial charge in [-0.1, -0.05) is 11.8 Å². The summed E-state index contributed by atoms with van der Waals surface area (Å²) in [6.07, 6.45) is 0. The Bertz CT molecular complexity index is 715. The van der Waals surface area contributed by atoms with Gasteiger partial charge in [0, 0.05) is 16.6 Å². The van der Waals surface area contributed by atoms with E-state index in [2.05, 4.69) is 22.1 Å². The summed E-state index contributed by atoms with van der Waals surface area (Å²) in [7, 11) is 0. The smallest absolute Gasteiger partial charge is 0.252 e. The van der Waals surface area contributed by atoms with Crippen molar-refractivity contribution in [1.82, 2.24) is 10.3 Å². The van der Waals surface area contributed by atoms with Crippen molar-refractivity contribution in [2.24, 2.45) is 5.73 Å². The number of amides is 1. The van der Waals surface area contributed by atoms with Crippen molar-refractivity contribution in [2.75, 3.05) is 6.54 Å². The summed E-state index contributed by atoms with van der Waals surface area (Å²) >= 11 is 1.48. The molecule has 21 heavy (non-hydrogen) atoms. The number of thiazole rings is 1. The van der Waals surface area contributed by atoms with Gasteiger partial charge < -0.3 is 11.1 Å². The van der Waals surface area contributed by atoms with E-state index in [0.717, 1.165) is 10.7 Å². The maximum Gasteiger partial charge on any atom is 0.252 e. The summed E-state index contributed by atoms with van der Waals surface area (Å²) in [6, 6.07) is 3.87. The Labute approximate surface area is 126 Å². The number of hydrogen-bond donors (Lipinski definition) is 2. The fourth-order valence-corrected chi connectivity index (χ4v) is 2.41. The molecule has 0 bridgehead atoms. The van der Waals surface area contributed by atoms with Gasteiger partial charge in [0.25, 0.3) is 5.91 Å². The monoisotopic (exact) mass is 303 g/mol. The SMILES string of the molecule is Cc1csc(CNC(=O)c2ccc(F)cc2C#CCN)n1. The molecule has 2 aromatic rings. The second-order valence-corrected chi connectivity index (χ2v) is 5.20. The zero-order valence-electron chi connectivity index (χ0n) is 11.4. The zero-order valence-corrected chi connectivity index (χ0v) is 12.3. The topological polar surface area (TPSA) is 68.0 Å². The third-order valence-corrected chi connectivity index (χ3v) is 3.58. The molecule has 1 heterocycles. The van der Waals surface area contributed by atoms with Crippen LogP contribution in [0.3, 0.4) is 0 Å². The summed E-state index contributed by atoms with van der Waals surface area (Å²) in [5.41, 5.74) is 6.87. The first-order valence-electron chi connectivity index (χ1n) is 6.28. The first-order valence-corrected chi connectivity index (χ1v) is 7.16. The molecule has 0 unspecified atom stereocenters. The van der Waals surface area contributed by atoms with Crippen LogP contribution in [0.1, 0.15) is 26.6 Å². The van der Waals surface area contributed by atoms with E-state index in [1.807, 2.05) is 12.3 Å². The Morgan fingerprint density at radius 1 is 1.52 bits per heavy atom. The Kier molecular flexibility index (Phi) is 5.04. The van der Waals surface area contributed by atoms with Crippen LogP contribution in [0, 0.1) is 24.6 Å². The van der Waals surface area contributed by atoms with E-state index in [-0.39, 0.29) is 12.5 Å². The maximum absolute atomic E-state index is 13.3. The Balaban J connectivity index is 2.14. The molecule has 2 rings (SSSR count). The quantitative estimate of drug-likeness (QED) is 0.850. The summed E-state index contributed by atoms with van der Waals surface area (Å²) in [4.78, 5) is 16.4. The molecule has 0 saturated carbocycles. The number of benzene rings is 1. The molecule has 1 aromatic heterocycles. The van der Waals surface area contributed by atoms with Gasteiger partial charge in [-0.15, -0.1) is 11.3 Å². The molecular formula is C15H14FN3OS. The highest BCUT2D eigenvalue weighted by atomic mass is 32.1. The predicted octanol–water partition coefficient (Wildman–Crippen LogP) is 1.83. The highest BCUT2D eigenvalue weighted by Crippen LogP contribution is 2.12. The Hall–Kier alpha value is -2.23. The maximum atomic E-state index is 13.3. The van der Waals surface area contributed by atoms with Gasteiger partial charge in [-0.05, 0) is 25.1 Å². The number of aromatic nitrogens is 1. The lowest BCUT2D eigenvalue weighted by molar-refractivity contribution is 0.0950. The summed E-state index contributed by atoms with van der Waals surface area (Å²) < 4.78 is 13.3. The van der Waals surface area contributed by atoms with Gasteiger partial charge in [0.1, 0.15) is 10.8 Å². The van der Waals surface area contributed by atoms with Crippen molar-refractivity contribution < 1.29 is 9.18 Å². The van der Waals surface area contributed by atoms with Crippen LogP contribution in [0.4, 0.5) is 4.39 Å². The average Bonchev–Trinajstić information content (AvgIpc) is 2.88. The number of carbonyl (C=O) groups is 1. The van der Waals surface area contributed by atoms with Gasteiger partial charge in [0.2, 0.25) is 0 Å². The second-order valence-electron chi connectivity index (χ2n) is 4.26. The lowest BCUT2D eigenvalue weighted by atomic mass is 10.1. The fourth-order valence-electron chi connectivity index (χ4n) is 1.70. The Morgan fingerprint density at radius 3 is 3.00 bits per heavy atom. The minimum absolute atomic E-state index is 0.149. The average molecular weight is 303 g/mol. The van der Waals surface area contributed by atoms with Gasteiger partial charge in [0.15, 0.2) is 0 Å². The highest BCUT2D eigenvalue weighted by molar-refractivity contribution is 7.09. The molecular weight excluding hydrogens is 289 g/mol. The lowest BCUT2D eigenvalue weighted by Gasteiger charge is -2.06. The van der Waals surface area contributed by atoms with E-state index in [1.54, 1.807) is 0 Å². The molecule has 1 amide bonds. The predicted molar refractivity (Wildman–Crippen MR) is 80.4 cm³/mol. The van der Waals surface area contributed by atoms with Gasteiger partial charge in [-0.3, -0.25) is 4.79 Å². The van der Waals surface area contributed by atoms with Crippen molar-refractivity contribution in [1.29, 1.82) is 0 Å². The molecule has 108 valence electrons. The third-order valence-electron chi connectivity index (χ3n) is 2.62. The zero-order chi connectivity index (χ0) is 15.2. The van der Waals surface area contributed by atoms with Gasteiger partial charge in [-0.25, -0.2) is 9.37 Å². The molecule has 0 aliphatic heterocycles. The normalized spacial score (nSPS) is 9.86. The molecule has 0 spiro atoms. The van der Waals surface area contributed by atoms with Crippen molar-refractivity contribution in [2.45, 2.75) is 13.5 Å². The van der Waals surface area contributed by atoms with Crippen molar-refractivity contribution in [3.8, 4) is 11.8 Å². The minimum atomic E-state index is -0.441. The van der Waals surface area contributed by atoms with E-state index < -0.39 is 5.82 Å². The summed E-state index contributed by atoms with van der Waals surface area (Å²) in [6.45, 7) is 2.37. The fraction of sp³-hybridized carbons (Fsp3) is 0.200. The number of rotatable bonds is 3. The first kappa shape index (κ1) is 15.2. The second kappa shape index (κ2) is 6.97. The van der Waals surface area contributed by atoms with Crippen molar-refractivity contribution in [3.05, 3.63) is 51.2 Å². The Morgan fingerprint density at radius 2 is 2.33 bits per heavy atom. The van der Waals surface area contributed by atoms with Crippen LogP contribution in [0.5, 0.6) is 0 Å². The number of aryl methyl sites for hydroxylation is 1. The first-order chi connectivity index (χ1) is 10.1. The number of nitrogens with two attached hydrogens (primary N) is 1. The molecule has 0 radical (unpaired) electrons. The van der Waals surface area contributed by atoms with Crippen LogP contribution in [0.15, 0.2) is 23.6 Å². The number of carbonyl (C=O) groups excluding carboxylic acids is 1. The molecule has 4 nitrogen and oxygen atoms in total. The minimum Gasteiger partial charge on any atom is -0.345 e. The molecule has 0 aliphatic carbocycles. The third kappa shape index (κ3) is 4.12. The van der Waals surface area contributed by atoms with Crippen molar-refractivity contribution >= 4 is 17.2 Å². The van der Waals surface area contributed by atoms with Crippen molar-refractivity contribution in [3.63, 3.8) is 0 Å². The van der Waals surface area contributed by atoms with E-state index in [4.69, 9.17) is 5.73 Å². The lowest BCUT2D eigenvalue weighted by Crippen LogP contribution is -2.23. The van der Waals surface area contributed by atoms with Crippen LogP contribution in [-0.4, -0.2) is 17.4 Å². The van der Waals surface area contributed by atoms with Crippen LogP contribution in [0.25, 0.3) is 0 Å². The van der Waals surface area contributed by atoms with Crippen LogP contribution < -0.4 is 11.1 Å².